The number of hydrogen-bond donors (Lipinski definition) is 0. The molecule has 3 rings (SSSR count). The maximum absolute atomic E-state index is 11.9. The number of rotatable bonds is 4. The molecule has 19 heavy (non-hydrogen) atoms. The quantitative estimate of drug-likeness (QED) is 0.724. The first-order chi connectivity index (χ1) is 9.22. The molecular weight excluding hydrogens is 240 g/mol. The van der Waals surface area contributed by atoms with Crippen molar-refractivity contribution in [3.05, 3.63) is 0 Å². The predicted molar refractivity (Wildman–Crippen MR) is 74.0 cm³/mol. The zero-order valence-corrected chi connectivity index (χ0v) is 12.0. The third kappa shape index (κ3) is 3.11. The summed E-state index contributed by atoms with van der Waals surface area (Å²) in [4.78, 5) is 16.8. The number of hydrogen-bond acceptors (Lipinski definition) is 4. The van der Waals surface area contributed by atoms with Crippen LogP contribution in [0.15, 0.2) is 0 Å². The highest BCUT2D eigenvalue weighted by atomic mass is 16.5. The molecule has 0 N–H and O–H groups in total. The van der Waals surface area contributed by atoms with Gasteiger partial charge in [0, 0.05) is 18.6 Å². The van der Waals surface area contributed by atoms with E-state index in [-0.39, 0.29) is 12.1 Å². The number of piperidine rings is 1. The van der Waals surface area contributed by atoms with Gasteiger partial charge in [-0.3, -0.25) is 4.79 Å². The lowest BCUT2D eigenvalue weighted by atomic mass is 10.0. The van der Waals surface area contributed by atoms with Crippen molar-refractivity contribution in [2.75, 3.05) is 26.7 Å². The summed E-state index contributed by atoms with van der Waals surface area (Å²) in [5, 5.41) is 0. The molecule has 0 aromatic carbocycles. The first-order valence-corrected chi connectivity index (χ1v) is 7.86. The van der Waals surface area contributed by atoms with E-state index in [2.05, 4.69) is 16.8 Å². The number of likely N-dealkylation sites (tertiary alicyclic amines) is 1. The maximum atomic E-state index is 11.9. The van der Waals surface area contributed by atoms with Crippen LogP contribution in [0.3, 0.4) is 0 Å². The van der Waals surface area contributed by atoms with Gasteiger partial charge in [-0.1, -0.05) is 0 Å². The monoisotopic (exact) mass is 266 g/mol. The molecule has 0 unspecified atom stereocenters. The van der Waals surface area contributed by atoms with Crippen LogP contribution in [0.2, 0.25) is 0 Å². The Morgan fingerprint density at radius 1 is 1.16 bits per heavy atom. The number of fused-ring (bicyclic) bond motifs is 2. The summed E-state index contributed by atoms with van der Waals surface area (Å²) in [5.41, 5.74) is 0. The van der Waals surface area contributed by atoms with Gasteiger partial charge in [0.25, 0.3) is 0 Å². The Morgan fingerprint density at radius 2 is 1.79 bits per heavy atom. The molecule has 4 heteroatoms. The van der Waals surface area contributed by atoms with Crippen molar-refractivity contribution < 1.29 is 9.53 Å². The van der Waals surface area contributed by atoms with Gasteiger partial charge in [-0.15, -0.1) is 0 Å². The van der Waals surface area contributed by atoms with E-state index in [4.69, 9.17) is 4.74 Å². The minimum atomic E-state index is 0.0147. The van der Waals surface area contributed by atoms with Gasteiger partial charge in [-0.2, -0.15) is 0 Å². The van der Waals surface area contributed by atoms with Gasteiger partial charge in [0.2, 0.25) is 0 Å². The number of esters is 1. The Bertz CT molecular complexity index is 314. The van der Waals surface area contributed by atoms with E-state index in [9.17, 15) is 4.79 Å². The Labute approximate surface area is 116 Å². The Balaban J connectivity index is 1.40. The summed E-state index contributed by atoms with van der Waals surface area (Å²) < 4.78 is 5.69. The molecule has 0 spiro atoms. The predicted octanol–water partition coefficient (Wildman–Crippen LogP) is 1.64. The molecule has 3 heterocycles. The van der Waals surface area contributed by atoms with Crippen LogP contribution in [0.4, 0.5) is 0 Å². The Hall–Kier alpha value is -0.610. The topological polar surface area (TPSA) is 32.8 Å². The fourth-order valence-electron chi connectivity index (χ4n) is 3.96. The molecule has 3 aliphatic heterocycles. The van der Waals surface area contributed by atoms with Gasteiger partial charge in [0.05, 0.1) is 6.42 Å². The van der Waals surface area contributed by atoms with E-state index in [1.165, 1.54) is 25.7 Å². The number of carbonyl (C=O) groups excluding carboxylic acids is 1. The summed E-state index contributed by atoms with van der Waals surface area (Å²) in [5.74, 6) is 0.0147. The summed E-state index contributed by atoms with van der Waals surface area (Å²) in [7, 11) is 2.22. The van der Waals surface area contributed by atoms with E-state index in [0.717, 1.165) is 32.5 Å². The zero-order valence-electron chi connectivity index (χ0n) is 12.0. The van der Waals surface area contributed by atoms with Crippen LogP contribution in [-0.4, -0.2) is 60.6 Å². The van der Waals surface area contributed by atoms with E-state index >= 15 is 0 Å². The molecule has 0 radical (unpaired) electrons. The van der Waals surface area contributed by atoms with E-state index in [1.54, 1.807) is 0 Å². The highest BCUT2D eigenvalue weighted by Crippen LogP contribution is 2.35. The first-order valence-electron chi connectivity index (χ1n) is 7.86. The zero-order chi connectivity index (χ0) is 13.2. The summed E-state index contributed by atoms with van der Waals surface area (Å²) in [6.07, 6.45) is 7.97. The van der Waals surface area contributed by atoms with Crippen molar-refractivity contribution in [2.24, 2.45) is 0 Å². The van der Waals surface area contributed by atoms with Gasteiger partial charge < -0.3 is 14.5 Å². The third-order valence-corrected chi connectivity index (χ3v) is 5.18. The minimum absolute atomic E-state index is 0.0147. The van der Waals surface area contributed by atoms with Crippen molar-refractivity contribution >= 4 is 5.97 Å². The van der Waals surface area contributed by atoms with E-state index < -0.39 is 0 Å². The summed E-state index contributed by atoms with van der Waals surface area (Å²) in [6.45, 7) is 3.20. The lowest BCUT2D eigenvalue weighted by Crippen LogP contribution is -2.43. The van der Waals surface area contributed by atoms with E-state index in [0.29, 0.717) is 18.5 Å². The lowest BCUT2D eigenvalue weighted by molar-refractivity contribution is -0.152. The SMILES string of the molecule is CN1[C@H]2CC[C@H]1CC(OC(=O)CCN1CCCC1)C2. The fourth-order valence-corrected chi connectivity index (χ4v) is 3.96. The van der Waals surface area contributed by atoms with Crippen LogP contribution in [0.25, 0.3) is 0 Å². The Kier molecular flexibility index (Phi) is 4.08. The van der Waals surface area contributed by atoms with Crippen LogP contribution in [0.1, 0.15) is 44.9 Å². The van der Waals surface area contributed by atoms with Crippen LogP contribution in [0.5, 0.6) is 0 Å². The summed E-state index contributed by atoms with van der Waals surface area (Å²) >= 11 is 0. The smallest absolute Gasteiger partial charge is 0.307 e. The van der Waals surface area contributed by atoms with Crippen LogP contribution >= 0.6 is 0 Å². The largest absolute Gasteiger partial charge is 0.462 e. The molecule has 3 fully saturated rings. The first kappa shape index (κ1) is 13.4. The molecule has 3 aliphatic rings. The summed E-state index contributed by atoms with van der Waals surface area (Å²) in [6, 6.07) is 1.30. The van der Waals surface area contributed by atoms with Crippen LogP contribution in [0, 0.1) is 0 Å². The van der Waals surface area contributed by atoms with Gasteiger partial charge >= 0.3 is 5.97 Å². The van der Waals surface area contributed by atoms with E-state index in [1.807, 2.05) is 0 Å². The van der Waals surface area contributed by atoms with Crippen molar-refractivity contribution in [2.45, 2.75) is 63.1 Å². The molecule has 0 aromatic heterocycles. The van der Waals surface area contributed by atoms with Crippen molar-refractivity contribution in [3.8, 4) is 0 Å². The lowest BCUT2D eigenvalue weighted by Gasteiger charge is -2.35. The molecule has 0 amide bonds. The minimum Gasteiger partial charge on any atom is -0.462 e. The second-order valence-electron chi connectivity index (χ2n) is 6.43. The average molecular weight is 266 g/mol. The molecule has 0 aliphatic carbocycles. The highest BCUT2D eigenvalue weighted by molar-refractivity contribution is 5.69. The number of nitrogens with zero attached hydrogens (tertiary/aromatic N) is 2. The maximum Gasteiger partial charge on any atom is 0.307 e. The molecule has 0 aromatic rings. The molecule has 0 saturated carbocycles. The van der Waals surface area contributed by atoms with Gasteiger partial charge in [0.15, 0.2) is 0 Å². The van der Waals surface area contributed by atoms with Gasteiger partial charge in [0.1, 0.15) is 6.10 Å². The Morgan fingerprint density at radius 3 is 2.42 bits per heavy atom. The number of carbonyl (C=O) groups is 1. The number of ether oxygens (including phenoxy) is 1. The normalized spacial score (nSPS) is 35.7. The second kappa shape index (κ2) is 5.80. The van der Waals surface area contributed by atoms with Gasteiger partial charge in [-0.25, -0.2) is 0 Å². The molecule has 2 bridgehead atoms. The third-order valence-electron chi connectivity index (χ3n) is 5.18. The second-order valence-corrected chi connectivity index (χ2v) is 6.43. The highest BCUT2D eigenvalue weighted by Gasteiger charge is 2.39. The molecule has 108 valence electrons. The molecule has 2 atom stereocenters. The molecular formula is C15H26N2O2. The van der Waals surface area contributed by atoms with Crippen LogP contribution < -0.4 is 0 Å². The van der Waals surface area contributed by atoms with Crippen molar-refractivity contribution in [1.29, 1.82) is 0 Å². The van der Waals surface area contributed by atoms with Gasteiger partial charge in [-0.05, 0) is 58.7 Å². The molecule has 3 saturated heterocycles. The standard InChI is InChI=1S/C15H26N2O2/c1-16-12-4-5-13(16)11-14(10-12)19-15(18)6-9-17-7-2-3-8-17/h12-14H,2-11H2,1H3/t12-,13-/m0/s1. The van der Waals surface area contributed by atoms with Crippen molar-refractivity contribution in [3.63, 3.8) is 0 Å². The van der Waals surface area contributed by atoms with Crippen molar-refractivity contribution in [1.82, 2.24) is 9.80 Å². The molecule has 4 nitrogen and oxygen atoms in total. The average Bonchev–Trinajstić information content (AvgIpc) is 2.95. The fraction of sp³-hybridized carbons (Fsp3) is 0.933. The van der Waals surface area contributed by atoms with Crippen LogP contribution in [-0.2, 0) is 9.53 Å².